The summed E-state index contributed by atoms with van der Waals surface area (Å²) in [6.45, 7) is 0. The molecule has 7 heavy (non-hydrogen) atoms. The van der Waals surface area contributed by atoms with Gasteiger partial charge in [0.2, 0.25) is 0 Å². The van der Waals surface area contributed by atoms with E-state index in [9.17, 15) is 0 Å². The first kappa shape index (κ1) is 15.6. The molecule has 0 aromatic carbocycles. The van der Waals surface area contributed by atoms with E-state index >= 15 is 0 Å². The van der Waals surface area contributed by atoms with E-state index in [0.29, 0.717) is 0 Å². The standard InChI is InChI=1S/Mo.H2N.H2O4S/c;;1-5(2,3)4/h;1H2;(H2,1,2,3,4)/q;-1;. The SMILES string of the molecule is O=S(=O)(O)O.[Mo].[NH2-]. The van der Waals surface area contributed by atoms with Gasteiger partial charge in [-0.15, -0.1) is 0 Å². The molecule has 7 heteroatoms. The maximum atomic E-state index is 8.74. The zero-order valence-electron chi connectivity index (χ0n) is 3.10. The van der Waals surface area contributed by atoms with Gasteiger partial charge in [-0.3, -0.25) is 9.11 Å². The van der Waals surface area contributed by atoms with Crippen LogP contribution in [0.2, 0.25) is 0 Å². The molecule has 0 radical (unpaired) electrons. The minimum absolute atomic E-state index is 0. The summed E-state index contributed by atoms with van der Waals surface area (Å²) in [5.41, 5.74) is 0. The third kappa shape index (κ3) is 495. The third-order valence-electron chi connectivity index (χ3n) is 0. The molecule has 0 heterocycles. The van der Waals surface area contributed by atoms with E-state index in [1.807, 2.05) is 0 Å². The van der Waals surface area contributed by atoms with Crippen LogP contribution in [-0.4, -0.2) is 17.5 Å². The van der Waals surface area contributed by atoms with Crippen molar-refractivity contribution in [2.75, 3.05) is 0 Å². The van der Waals surface area contributed by atoms with Crippen molar-refractivity contribution in [3.05, 3.63) is 6.15 Å². The Kier molecular flexibility index (Phi) is 10.4. The quantitative estimate of drug-likeness (QED) is 0.435. The van der Waals surface area contributed by atoms with Crippen LogP contribution < -0.4 is 0 Å². The molecule has 0 unspecified atom stereocenters. The van der Waals surface area contributed by atoms with Crippen LogP contribution in [0.3, 0.4) is 0 Å². The summed E-state index contributed by atoms with van der Waals surface area (Å²) in [5.74, 6) is 0. The molecule has 0 aromatic heterocycles. The van der Waals surface area contributed by atoms with Crippen LogP contribution in [0.15, 0.2) is 0 Å². The average molecular weight is 210 g/mol. The predicted octanol–water partition coefficient (Wildman–Crippen LogP) is 0.0618. The zero-order chi connectivity index (χ0) is 4.50. The second-order valence-electron chi connectivity index (χ2n) is 0.448. The Hall–Kier alpha value is 0.518. The van der Waals surface area contributed by atoms with Crippen molar-refractivity contribution < 1.29 is 38.6 Å². The molecule has 0 rings (SSSR count). The van der Waals surface area contributed by atoms with E-state index in [4.69, 9.17) is 17.5 Å². The van der Waals surface area contributed by atoms with Gasteiger partial charge in [-0.05, 0) is 0 Å². The number of rotatable bonds is 0. The van der Waals surface area contributed by atoms with E-state index in [0.717, 1.165) is 0 Å². The summed E-state index contributed by atoms with van der Waals surface area (Å²) < 4.78 is 31.6. The first-order chi connectivity index (χ1) is 2.00. The summed E-state index contributed by atoms with van der Waals surface area (Å²) in [6, 6.07) is 0. The molecule has 0 saturated carbocycles. The molecule has 0 fully saturated rings. The molecule has 0 bridgehead atoms. The molecule has 0 aliphatic heterocycles. The van der Waals surface area contributed by atoms with Gasteiger partial charge in [-0.1, -0.05) is 0 Å². The van der Waals surface area contributed by atoms with Crippen LogP contribution in [0.5, 0.6) is 0 Å². The van der Waals surface area contributed by atoms with Crippen LogP contribution in [0.4, 0.5) is 0 Å². The normalized spacial score (nSPS) is 8.29. The monoisotopic (exact) mass is 212 g/mol. The Morgan fingerprint density at radius 3 is 1.14 bits per heavy atom. The molecule has 0 atom stereocenters. The first-order valence-corrected chi connectivity index (χ1v) is 2.10. The van der Waals surface area contributed by atoms with Crippen molar-refractivity contribution in [1.82, 2.24) is 0 Å². The van der Waals surface area contributed by atoms with Gasteiger partial charge in [0.1, 0.15) is 0 Å². The molecule has 0 aromatic rings. The Balaban J connectivity index is -0.0000000800. The Morgan fingerprint density at radius 1 is 1.14 bits per heavy atom. The maximum absolute atomic E-state index is 8.74. The fourth-order valence-corrected chi connectivity index (χ4v) is 0. The molecule has 0 amide bonds. The Morgan fingerprint density at radius 2 is 1.14 bits per heavy atom. The topological polar surface area (TPSA) is 108 Å². The average Bonchev–Trinajstić information content (AvgIpc) is 0.722. The molecule has 4 N–H and O–H groups in total. The van der Waals surface area contributed by atoms with E-state index < -0.39 is 10.4 Å². The van der Waals surface area contributed by atoms with Gasteiger partial charge in [0.05, 0.1) is 0 Å². The summed E-state index contributed by atoms with van der Waals surface area (Å²) >= 11 is 0. The van der Waals surface area contributed by atoms with Gasteiger partial charge in [-0.25, -0.2) is 0 Å². The van der Waals surface area contributed by atoms with Crippen LogP contribution >= 0.6 is 0 Å². The van der Waals surface area contributed by atoms with E-state index in [-0.39, 0.29) is 27.2 Å². The van der Waals surface area contributed by atoms with Crippen molar-refractivity contribution in [3.8, 4) is 0 Å². The minimum atomic E-state index is -4.67. The molecule has 0 aliphatic rings. The predicted molar refractivity (Wildman–Crippen MR) is 19.5 cm³/mol. The van der Waals surface area contributed by atoms with Gasteiger partial charge in [0.25, 0.3) is 0 Å². The summed E-state index contributed by atoms with van der Waals surface area (Å²) in [4.78, 5) is 0. The van der Waals surface area contributed by atoms with Crippen molar-refractivity contribution in [1.29, 1.82) is 0 Å². The van der Waals surface area contributed by atoms with Gasteiger partial charge in [0, 0.05) is 21.1 Å². The van der Waals surface area contributed by atoms with Crippen LogP contribution in [0, 0.1) is 0 Å². The number of nitrogens with two attached hydrogens (primary N) is 1. The fourth-order valence-electron chi connectivity index (χ4n) is 0. The molecule has 5 nitrogen and oxygen atoms in total. The Bertz CT molecular complexity index is 94.9. The second-order valence-corrected chi connectivity index (χ2v) is 1.34. The zero-order valence-corrected chi connectivity index (χ0v) is 5.93. The summed E-state index contributed by atoms with van der Waals surface area (Å²) in [7, 11) is -4.67. The van der Waals surface area contributed by atoms with Crippen LogP contribution in [0.25, 0.3) is 6.15 Å². The van der Waals surface area contributed by atoms with Crippen molar-refractivity contribution in [3.63, 3.8) is 0 Å². The number of hydrogen-bond donors (Lipinski definition) is 2. The second kappa shape index (κ2) is 4.67. The molecular formula is H4MoNO4S-. The first-order valence-electron chi connectivity index (χ1n) is 0.698. The van der Waals surface area contributed by atoms with Gasteiger partial charge >= 0.3 is 10.4 Å². The van der Waals surface area contributed by atoms with Crippen LogP contribution in [0.1, 0.15) is 0 Å². The van der Waals surface area contributed by atoms with E-state index in [1.165, 1.54) is 0 Å². The summed E-state index contributed by atoms with van der Waals surface area (Å²) in [5, 5.41) is 0. The van der Waals surface area contributed by atoms with E-state index in [2.05, 4.69) is 0 Å². The van der Waals surface area contributed by atoms with Crippen molar-refractivity contribution in [2.24, 2.45) is 0 Å². The van der Waals surface area contributed by atoms with Gasteiger partial charge < -0.3 is 6.15 Å². The molecule has 0 saturated heterocycles. The third-order valence-corrected chi connectivity index (χ3v) is 0. The van der Waals surface area contributed by atoms with Gasteiger partial charge in [0.15, 0.2) is 0 Å². The van der Waals surface area contributed by atoms with Crippen molar-refractivity contribution >= 4 is 10.4 Å². The largest absolute Gasteiger partial charge is 0.693 e. The van der Waals surface area contributed by atoms with Crippen molar-refractivity contribution in [2.45, 2.75) is 0 Å². The smallest absolute Gasteiger partial charge is 0.394 e. The van der Waals surface area contributed by atoms with Crippen LogP contribution in [-0.2, 0) is 31.5 Å². The minimum Gasteiger partial charge on any atom is -0.693 e. The molecule has 0 aliphatic carbocycles. The van der Waals surface area contributed by atoms with Gasteiger partial charge in [-0.2, -0.15) is 8.42 Å². The molecular weight excluding hydrogens is 206 g/mol. The fraction of sp³-hybridized carbons (Fsp3) is 0. The van der Waals surface area contributed by atoms with E-state index in [1.54, 1.807) is 0 Å². The maximum Gasteiger partial charge on any atom is 0.394 e. The molecule has 0 spiro atoms. The number of hydrogen-bond acceptors (Lipinski definition) is 2. The molecule has 46 valence electrons. The Labute approximate surface area is 55.5 Å². The summed E-state index contributed by atoms with van der Waals surface area (Å²) in [6.07, 6.45) is 0.